The van der Waals surface area contributed by atoms with Gasteiger partial charge in [-0.1, -0.05) is 90.9 Å². The van der Waals surface area contributed by atoms with E-state index in [1.165, 1.54) is 70.6 Å². The number of carbonyl (C=O) groups excluding carboxylic acids is 1. The number of aliphatic hydroxyl groups is 1. The van der Waals surface area contributed by atoms with Gasteiger partial charge in [-0.2, -0.15) is 0 Å². The van der Waals surface area contributed by atoms with Crippen LogP contribution in [0.3, 0.4) is 0 Å². The van der Waals surface area contributed by atoms with Gasteiger partial charge in [-0.25, -0.2) is 0 Å². The summed E-state index contributed by atoms with van der Waals surface area (Å²) in [5.74, 6) is -0.178. The normalized spacial score (nSPS) is 13.6. The Morgan fingerprint density at radius 1 is 0.800 bits per heavy atom. The second-order valence-electron chi connectivity index (χ2n) is 7.58. The van der Waals surface area contributed by atoms with E-state index in [2.05, 4.69) is 6.92 Å². The third-order valence-corrected chi connectivity index (χ3v) is 4.98. The standard InChI is InChI=1S/C22H44O3/c1-4-6-7-8-9-10-11-12-13-14-15-16-17-21(23)18-19-22(24)25-20(3)5-2/h20-21,23H,4-19H2,1-3H3. The van der Waals surface area contributed by atoms with Crippen LogP contribution >= 0.6 is 0 Å². The lowest BCUT2D eigenvalue weighted by Crippen LogP contribution is -2.16. The molecule has 3 nitrogen and oxygen atoms in total. The minimum atomic E-state index is -0.354. The zero-order chi connectivity index (χ0) is 18.8. The van der Waals surface area contributed by atoms with E-state index < -0.39 is 0 Å². The first-order valence-corrected chi connectivity index (χ1v) is 11.0. The molecule has 0 spiro atoms. The second kappa shape index (κ2) is 18.2. The number of carbonyl (C=O) groups is 1. The lowest BCUT2D eigenvalue weighted by molar-refractivity contribution is -0.149. The molecule has 0 saturated carbocycles. The number of rotatable bonds is 18. The number of hydrogen-bond acceptors (Lipinski definition) is 3. The van der Waals surface area contributed by atoms with Crippen molar-refractivity contribution < 1.29 is 14.6 Å². The summed E-state index contributed by atoms with van der Waals surface area (Å²) in [7, 11) is 0. The van der Waals surface area contributed by atoms with Gasteiger partial charge < -0.3 is 9.84 Å². The van der Waals surface area contributed by atoms with Gasteiger partial charge in [-0.3, -0.25) is 4.79 Å². The summed E-state index contributed by atoms with van der Waals surface area (Å²) in [5.41, 5.74) is 0. The predicted molar refractivity (Wildman–Crippen MR) is 107 cm³/mol. The van der Waals surface area contributed by atoms with Crippen molar-refractivity contribution in [1.29, 1.82) is 0 Å². The van der Waals surface area contributed by atoms with Gasteiger partial charge in [0.2, 0.25) is 0 Å². The van der Waals surface area contributed by atoms with Crippen molar-refractivity contribution in [3.05, 3.63) is 0 Å². The van der Waals surface area contributed by atoms with E-state index in [-0.39, 0.29) is 18.2 Å². The molecule has 0 aliphatic heterocycles. The van der Waals surface area contributed by atoms with Crippen molar-refractivity contribution in [3.63, 3.8) is 0 Å². The summed E-state index contributed by atoms with van der Waals surface area (Å²) in [6.07, 6.45) is 18.1. The molecule has 0 heterocycles. The third kappa shape index (κ3) is 18.0. The summed E-state index contributed by atoms with van der Waals surface area (Å²) >= 11 is 0. The molecule has 0 radical (unpaired) electrons. The second-order valence-corrected chi connectivity index (χ2v) is 7.58. The largest absolute Gasteiger partial charge is 0.463 e. The summed E-state index contributed by atoms with van der Waals surface area (Å²) in [6, 6.07) is 0. The average molecular weight is 357 g/mol. The van der Waals surface area contributed by atoms with Crippen LogP contribution in [-0.4, -0.2) is 23.3 Å². The number of aliphatic hydroxyl groups excluding tert-OH is 1. The highest BCUT2D eigenvalue weighted by molar-refractivity contribution is 5.69. The Kier molecular flexibility index (Phi) is 17.8. The molecule has 0 aliphatic carbocycles. The van der Waals surface area contributed by atoms with Crippen LogP contribution in [0.4, 0.5) is 0 Å². The maximum atomic E-state index is 11.6. The SMILES string of the molecule is CCCCCCCCCCCCCCC(O)CCC(=O)OC(C)CC. The summed E-state index contributed by atoms with van der Waals surface area (Å²) in [5, 5.41) is 9.94. The lowest BCUT2D eigenvalue weighted by Gasteiger charge is -2.13. The molecule has 0 fully saturated rings. The number of unbranched alkanes of at least 4 members (excludes halogenated alkanes) is 11. The molecule has 3 heteroatoms. The van der Waals surface area contributed by atoms with Crippen molar-refractivity contribution in [3.8, 4) is 0 Å². The average Bonchev–Trinajstić information content (AvgIpc) is 2.60. The number of esters is 1. The van der Waals surface area contributed by atoms with Gasteiger partial charge in [-0.15, -0.1) is 0 Å². The minimum Gasteiger partial charge on any atom is -0.463 e. The fourth-order valence-electron chi connectivity index (χ4n) is 3.02. The highest BCUT2D eigenvalue weighted by Crippen LogP contribution is 2.14. The first-order chi connectivity index (χ1) is 12.1. The molecular weight excluding hydrogens is 312 g/mol. The van der Waals surface area contributed by atoms with Crippen LogP contribution in [0.15, 0.2) is 0 Å². The van der Waals surface area contributed by atoms with Gasteiger partial charge in [0.25, 0.3) is 0 Å². The van der Waals surface area contributed by atoms with Crippen molar-refractivity contribution in [2.75, 3.05) is 0 Å². The molecule has 0 amide bonds. The fraction of sp³-hybridized carbons (Fsp3) is 0.955. The Morgan fingerprint density at radius 2 is 1.28 bits per heavy atom. The van der Waals surface area contributed by atoms with Crippen molar-refractivity contribution >= 4 is 5.97 Å². The van der Waals surface area contributed by atoms with Gasteiger partial charge >= 0.3 is 5.97 Å². The maximum Gasteiger partial charge on any atom is 0.306 e. The van der Waals surface area contributed by atoms with Crippen LogP contribution < -0.4 is 0 Å². The molecule has 150 valence electrons. The molecule has 0 aliphatic rings. The van der Waals surface area contributed by atoms with Crippen LogP contribution in [0, 0.1) is 0 Å². The molecule has 0 aromatic heterocycles. The van der Waals surface area contributed by atoms with Gasteiger partial charge in [-0.05, 0) is 26.2 Å². The van der Waals surface area contributed by atoms with E-state index in [4.69, 9.17) is 4.74 Å². The van der Waals surface area contributed by atoms with Crippen molar-refractivity contribution in [1.82, 2.24) is 0 Å². The Labute approximate surface area is 156 Å². The van der Waals surface area contributed by atoms with Crippen LogP contribution in [0.5, 0.6) is 0 Å². The van der Waals surface area contributed by atoms with Crippen LogP contribution in [-0.2, 0) is 9.53 Å². The summed E-state index contributed by atoms with van der Waals surface area (Å²) in [6.45, 7) is 6.17. The third-order valence-electron chi connectivity index (χ3n) is 4.98. The molecule has 0 aromatic carbocycles. The van der Waals surface area contributed by atoms with Crippen LogP contribution in [0.25, 0.3) is 0 Å². The number of ether oxygens (including phenoxy) is 1. The number of hydrogen-bond donors (Lipinski definition) is 1. The highest BCUT2D eigenvalue weighted by Gasteiger charge is 2.11. The molecule has 0 rings (SSSR count). The molecular formula is C22H44O3. The van der Waals surface area contributed by atoms with Gasteiger partial charge in [0, 0.05) is 6.42 Å². The van der Waals surface area contributed by atoms with Gasteiger partial charge in [0.15, 0.2) is 0 Å². The maximum absolute atomic E-state index is 11.6. The first-order valence-electron chi connectivity index (χ1n) is 11.0. The van der Waals surface area contributed by atoms with E-state index in [1.54, 1.807) is 0 Å². The van der Waals surface area contributed by atoms with E-state index in [0.29, 0.717) is 12.8 Å². The quantitative estimate of drug-likeness (QED) is 0.223. The molecule has 2 unspecified atom stereocenters. The highest BCUT2D eigenvalue weighted by atomic mass is 16.5. The van der Waals surface area contributed by atoms with E-state index in [1.807, 2.05) is 13.8 Å². The van der Waals surface area contributed by atoms with Gasteiger partial charge in [0.1, 0.15) is 0 Å². The lowest BCUT2D eigenvalue weighted by atomic mass is 10.0. The Bertz CT molecular complexity index is 291. The van der Waals surface area contributed by atoms with Crippen LogP contribution in [0.1, 0.15) is 124 Å². The smallest absolute Gasteiger partial charge is 0.306 e. The van der Waals surface area contributed by atoms with Gasteiger partial charge in [0.05, 0.1) is 12.2 Å². The minimum absolute atomic E-state index is 0.0130. The molecule has 2 atom stereocenters. The first kappa shape index (κ1) is 24.4. The summed E-state index contributed by atoms with van der Waals surface area (Å²) < 4.78 is 5.22. The topological polar surface area (TPSA) is 46.5 Å². The summed E-state index contributed by atoms with van der Waals surface area (Å²) in [4.78, 5) is 11.6. The molecule has 25 heavy (non-hydrogen) atoms. The predicted octanol–water partition coefficient (Wildman–Crippen LogP) is 6.56. The fourth-order valence-corrected chi connectivity index (χ4v) is 3.02. The Balaban J connectivity index is 3.29. The zero-order valence-corrected chi connectivity index (χ0v) is 17.2. The Hall–Kier alpha value is -0.570. The molecule has 0 aromatic rings. The molecule has 0 saturated heterocycles. The van der Waals surface area contributed by atoms with Crippen molar-refractivity contribution in [2.45, 2.75) is 136 Å². The molecule has 0 bridgehead atoms. The van der Waals surface area contributed by atoms with E-state index in [9.17, 15) is 9.90 Å². The van der Waals surface area contributed by atoms with E-state index in [0.717, 1.165) is 19.3 Å². The molecule has 1 N–H and O–H groups in total. The Morgan fingerprint density at radius 3 is 1.76 bits per heavy atom. The zero-order valence-electron chi connectivity index (χ0n) is 17.2. The van der Waals surface area contributed by atoms with Crippen LogP contribution in [0.2, 0.25) is 0 Å². The monoisotopic (exact) mass is 356 g/mol. The van der Waals surface area contributed by atoms with Crippen molar-refractivity contribution in [2.24, 2.45) is 0 Å². The van der Waals surface area contributed by atoms with E-state index >= 15 is 0 Å².